The maximum absolute atomic E-state index is 12.2. The van der Waals surface area contributed by atoms with E-state index in [1.54, 1.807) is 12.1 Å². The molecular formula is C15H21NO6. The third kappa shape index (κ3) is 4.63. The lowest BCUT2D eigenvalue weighted by Gasteiger charge is -2.19. The van der Waals surface area contributed by atoms with Gasteiger partial charge in [0, 0.05) is 6.07 Å². The molecule has 122 valence electrons. The van der Waals surface area contributed by atoms with E-state index in [2.05, 4.69) is 5.32 Å². The number of benzene rings is 1. The second-order valence-electron chi connectivity index (χ2n) is 5.29. The van der Waals surface area contributed by atoms with E-state index < -0.39 is 24.0 Å². The van der Waals surface area contributed by atoms with E-state index in [0.29, 0.717) is 11.5 Å². The van der Waals surface area contributed by atoms with E-state index in [-0.39, 0.29) is 11.7 Å². The Kier molecular flexibility index (Phi) is 5.76. The zero-order valence-electron chi connectivity index (χ0n) is 13.0. The maximum atomic E-state index is 12.2. The van der Waals surface area contributed by atoms with Crippen LogP contribution in [0.2, 0.25) is 0 Å². The number of aliphatic carboxylic acids is 1. The molecule has 0 aromatic heterocycles. The smallest absolute Gasteiger partial charge is 0.337 e. The number of methoxy groups -OCH3 is 1. The van der Waals surface area contributed by atoms with Crippen LogP contribution in [-0.2, 0) is 4.79 Å². The Bertz CT molecular complexity index is 553. The maximum Gasteiger partial charge on any atom is 0.337 e. The highest BCUT2D eigenvalue weighted by molar-refractivity contribution is 5.97. The standard InChI is InChI=1S/C15H21NO6/c1-9(2)22-12-7-10(21-4)5-6-11(12)13(17)16-8-15(3,20)14(18)19/h5-7,9,20H,8H2,1-4H3,(H,16,17)(H,18,19). The van der Waals surface area contributed by atoms with Gasteiger partial charge in [-0.05, 0) is 32.9 Å². The van der Waals surface area contributed by atoms with Gasteiger partial charge in [0.05, 0.1) is 25.3 Å². The van der Waals surface area contributed by atoms with Crippen LogP contribution in [-0.4, -0.2) is 47.4 Å². The molecule has 22 heavy (non-hydrogen) atoms. The van der Waals surface area contributed by atoms with E-state index in [1.165, 1.54) is 13.2 Å². The number of carboxylic acids is 1. The molecule has 0 saturated carbocycles. The van der Waals surface area contributed by atoms with E-state index in [0.717, 1.165) is 6.92 Å². The third-order valence-corrected chi connectivity index (χ3v) is 2.85. The van der Waals surface area contributed by atoms with Crippen LogP contribution in [0.4, 0.5) is 0 Å². The van der Waals surface area contributed by atoms with Crippen LogP contribution in [0.15, 0.2) is 18.2 Å². The molecule has 1 rings (SSSR count). The first kappa shape index (κ1) is 17.8. The fourth-order valence-corrected chi connectivity index (χ4v) is 1.59. The van der Waals surface area contributed by atoms with Crippen LogP contribution in [0, 0.1) is 0 Å². The van der Waals surface area contributed by atoms with Gasteiger partial charge in [0.1, 0.15) is 11.5 Å². The van der Waals surface area contributed by atoms with Crippen molar-refractivity contribution >= 4 is 11.9 Å². The number of aliphatic hydroxyl groups is 1. The number of amides is 1. The molecule has 0 fully saturated rings. The van der Waals surface area contributed by atoms with Crippen molar-refractivity contribution in [2.45, 2.75) is 32.5 Å². The highest BCUT2D eigenvalue weighted by atomic mass is 16.5. The molecule has 0 aliphatic carbocycles. The summed E-state index contributed by atoms with van der Waals surface area (Å²) >= 11 is 0. The Morgan fingerprint density at radius 3 is 2.50 bits per heavy atom. The van der Waals surface area contributed by atoms with Crippen LogP contribution >= 0.6 is 0 Å². The molecule has 1 aromatic carbocycles. The van der Waals surface area contributed by atoms with Crippen molar-refractivity contribution in [1.82, 2.24) is 5.32 Å². The average molecular weight is 311 g/mol. The molecule has 7 nitrogen and oxygen atoms in total. The molecule has 0 saturated heterocycles. The highest BCUT2D eigenvalue weighted by Crippen LogP contribution is 2.26. The number of rotatable bonds is 7. The fourth-order valence-electron chi connectivity index (χ4n) is 1.59. The first-order chi connectivity index (χ1) is 10.2. The Morgan fingerprint density at radius 1 is 1.36 bits per heavy atom. The topological polar surface area (TPSA) is 105 Å². The molecule has 0 aliphatic heterocycles. The molecule has 0 bridgehead atoms. The SMILES string of the molecule is COc1ccc(C(=O)NCC(C)(O)C(=O)O)c(OC(C)C)c1. The number of nitrogens with one attached hydrogen (secondary N) is 1. The van der Waals surface area contributed by atoms with Gasteiger partial charge in [-0.3, -0.25) is 4.79 Å². The second-order valence-corrected chi connectivity index (χ2v) is 5.29. The fraction of sp³-hybridized carbons (Fsp3) is 0.467. The molecule has 1 unspecified atom stereocenters. The van der Waals surface area contributed by atoms with Crippen molar-refractivity contribution in [3.05, 3.63) is 23.8 Å². The molecule has 0 aliphatic rings. The minimum atomic E-state index is -2.04. The lowest BCUT2D eigenvalue weighted by molar-refractivity contribution is -0.155. The molecule has 0 radical (unpaired) electrons. The molecule has 0 heterocycles. The minimum Gasteiger partial charge on any atom is -0.497 e. The van der Waals surface area contributed by atoms with Gasteiger partial charge in [0.15, 0.2) is 5.60 Å². The summed E-state index contributed by atoms with van der Waals surface area (Å²) < 4.78 is 10.7. The van der Waals surface area contributed by atoms with Gasteiger partial charge in [-0.25, -0.2) is 4.79 Å². The minimum absolute atomic E-state index is 0.152. The first-order valence-corrected chi connectivity index (χ1v) is 6.76. The summed E-state index contributed by atoms with van der Waals surface area (Å²) in [6.07, 6.45) is -0.152. The Morgan fingerprint density at radius 2 is 2.00 bits per heavy atom. The normalized spacial score (nSPS) is 13.4. The number of hydrogen-bond donors (Lipinski definition) is 3. The van der Waals surface area contributed by atoms with Gasteiger partial charge in [0.2, 0.25) is 0 Å². The van der Waals surface area contributed by atoms with E-state index in [4.69, 9.17) is 14.6 Å². The zero-order chi connectivity index (χ0) is 16.9. The van der Waals surface area contributed by atoms with Gasteiger partial charge >= 0.3 is 5.97 Å². The monoisotopic (exact) mass is 311 g/mol. The highest BCUT2D eigenvalue weighted by Gasteiger charge is 2.30. The average Bonchev–Trinajstić information content (AvgIpc) is 2.43. The third-order valence-electron chi connectivity index (χ3n) is 2.85. The Balaban J connectivity index is 2.94. The summed E-state index contributed by atoms with van der Waals surface area (Å²) in [7, 11) is 1.50. The summed E-state index contributed by atoms with van der Waals surface area (Å²) in [4.78, 5) is 23.0. The van der Waals surface area contributed by atoms with Crippen LogP contribution in [0.1, 0.15) is 31.1 Å². The molecule has 7 heteroatoms. The van der Waals surface area contributed by atoms with Gasteiger partial charge in [-0.2, -0.15) is 0 Å². The van der Waals surface area contributed by atoms with Crippen LogP contribution in [0.25, 0.3) is 0 Å². The van der Waals surface area contributed by atoms with E-state index >= 15 is 0 Å². The largest absolute Gasteiger partial charge is 0.497 e. The first-order valence-electron chi connectivity index (χ1n) is 6.76. The van der Waals surface area contributed by atoms with Gasteiger partial charge in [0.25, 0.3) is 5.91 Å². The molecule has 3 N–H and O–H groups in total. The predicted molar refractivity (Wildman–Crippen MR) is 79.4 cm³/mol. The summed E-state index contributed by atoms with van der Waals surface area (Å²) in [5.74, 6) is -1.10. The molecule has 0 spiro atoms. The quantitative estimate of drug-likeness (QED) is 0.695. The van der Waals surface area contributed by atoms with Crippen molar-refractivity contribution in [3.8, 4) is 11.5 Å². The van der Waals surface area contributed by atoms with Crippen molar-refractivity contribution in [1.29, 1.82) is 0 Å². The zero-order valence-corrected chi connectivity index (χ0v) is 13.0. The molecule has 1 aromatic rings. The number of ether oxygens (including phenoxy) is 2. The summed E-state index contributed by atoms with van der Waals surface area (Å²) in [6, 6.07) is 4.68. The van der Waals surface area contributed by atoms with E-state index in [9.17, 15) is 14.7 Å². The predicted octanol–water partition coefficient (Wildman–Crippen LogP) is 1.05. The molecule has 1 amide bonds. The molecular weight excluding hydrogens is 290 g/mol. The summed E-state index contributed by atoms with van der Waals surface area (Å²) in [5, 5.41) is 20.8. The van der Waals surface area contributed by atoms with Gasteiger partial charge < -0.3 is 25.0 Å². The second kappa shape index (κ2) is 7.13. The van der Waals surface area contributed by atoms with Crippen molar-refractivity contribution in [2.24, 2.45) is 0 Å². The van der Waals surface area contributed by atoms with Crippen LogP contribution in [0.3, 0.4) is 0 Å². The lowest BCUT2D eigenvalue weighted by Crippen LogP contribution is -2.46. The van der Waals surface area contributed by atoms with E-state index in [1.807, 2.05) is 13.8 Å². The number of hydrogen-bond acceptors (Lipinski definition) is 5. The number of carboxylic acid groups (broad SMARTS) is 1. The van der Waals surface area contributed by atoms with Crippen molar-refractivity contribution in [3.63, 3.8) is 0 Å². The van der Waals surface area contributed by atoms with Crippen LogP contribution < -0.4 is 14.8 Å². The van der Waals surface area contributed by atoms with Gasteiger partial charge in [-0.1, -0.05) is 0 Å². The van der Waals surface area contributed by atoms with Crippen LogP contribution in [0.5, 0.6) is 11.5 Å². The Labute approximate surface area is 128 Å². The van der Waals surface area contributed by atoms with Crippen molar-refractivity contribution < 1.29 is 29.3 Å². The van der Waals surface area contributed by atoms with Crippen molar-refractivity contribution in [2.75, 3.05) is 13.7 Å². The summed E-state index contributed by atoms with van der Waals surface area (Å²) in [6.45, 7) is 4.32. The van der Waals surface area contributed by atoms with Gasteiger partial charge in [-0.15, -0.1) is 0 Å². The Hall–Kier alpha value is -2.28. The summed E-state index contributed by atoms with van der Waals surface area (Å²) in [5.41, 5.74) is -1.81. The lowest BCUT2D eigenvalue weighted by atomic mass is 10.1. The number of carbonyl (C=O) groups excluding carboxylic acids is 1. The molecule has 1 atom stereocenters. The number of carbonyl (C=O) groups is 2.